The summed E-state index contributed by atoms with van der Waals surface area (Å²) in [7, 11) is -2.90. The normalized spacial score (nSPS) is 10.9. The second-order valence-electron chi connectivity index (χ2n) is 4.59. The lowest BCUT2D eigenvalue weighted by atomic mass is 10.2. The van der Waals surface area contributed by atoms with Gasteiger partial charge in [-0.15, -0.1) is 0 Å². The minimum absolute atomic E-state index is 0.103. The summed E-state index contributed by atoms with van der Waals surface area (Å²) in [5.74, 6) is 1.38. The molecular weight excluding hydrogens is 308 g/mol. The van der Waals surface area contributed by atoms with Crippen LogP contribution in [0.5, 0.6) is 0 Å². The molecule has 1 aromatic carbocycles. The average molecular weight is 326 g/mol. The van der Waals surface area contributed by atoms with Gasteiger partial charge in [0.1, 0.15) is 9.84 Å². The molecule has 0 unspecified atom stereocenters. The average Bonchev–Trinajstić information content (AvgIpc) is 2.41. The monoisotopic (exact) mass is 326 g/mol. The zero-order valence-electron chi connectivity index (χ0n) is 11.8. The molecule has 0 aromatic heterocycles. The van der Waals surface area contributed by atoms with E-state index in [4.69, 9.17) is 5.26 Å². The third-order valence-electron chi connectivity index (χ3n) is 2.57. The van der Waals surface area contributed by atoms with Crippen LogP contribution in [0.4, 0.5) is 5.69 Å². The van der Waals surface area contributed by atoms with Crippen LogP contribution in [0, 0.1) is 11.3 Å². The Labute approximate surface area is 129 Å². The number of carbonyl (C=O) groups is 1. The summed E-state index contributed by atoms with van der Waals surface area (Å²) in [5, 5.41) is 11.5. The molecule has 7 heteroatoms. The minimum atomic E-state index is -2.90. The van der Waals surface area contributed by atoms with Crippen molar-refractivity contribution in [3.8, 4) is 6.07 Å². The van der Waals surface area contributed by atoms with E-state index in [9.17, 15) is 13.2 Å². The van der Waals surface area contributed by atoms with E-state index in [0.717, 1.165) is 5.75 Å². The van der Waals surface area contributed by atoms with Gasteiger partial charge in [-0.25, -0.2) is 8.42 Å². The third-order valence-corrected chi connectivity index (χ3v) is 4.84. The molecule has 1 N–H and O–H groups in total. The van der Waals surface area contributed by atoms with Crippen LogP contribution in [-0.4, -0.2) is 37.8 Å². The lowest BCUT2D eigenvalue weighted by Gasteiger charge is -2.05. The topological polar surface area (TPSA) is 87.0 Å². The molecule has 0 atom stereocenters. The predicted molar refractivity (Wildman–Crippen MR) is 86.1 cm³/mol. The number of sulfone groups is 1. The number of anilines is 1. The predicted octanol–water partition coefficient (Wildman–Crippen LogP) is 2.05. The van der Waals surface area contributed by atoms with Gasteiger partial charge in [0, 0.05) is 24.1 Å². The fraction of sp³-hybridized carbons (Fsp3) is 0.429. The quantitative estimate of drug-likeness (QED) is 0.739. The van der Waals surface area contributed by atoms with Gasteiger partial charge in [-0.2, -0.15) is 17.0 Å². The molecular formula is C14H18N2O3S2. The lowest BCUT2D eigenvalue weighted by molar-refractivity contribution is -0.116. The molecule has 114 valence electrons. The maximum atomic E-state index is 11.7. The Hall–Kier alpha value is -1.52. The Morgan fingerprint density at radius 2 is 2.14 bits per heavy atom. The van der Waals surface area contributed by atoms with Crippen molar-refractivity contribution in [2.45, 2.75) is 12.8 Å². The molecule has 0 saturated heterocycles. The van der Waals surface area contributed by atoms with Crippen molar-refractivity contribution >= 4 is 33.2 Å². The first-order chi connectivity index (χ1) is 9.90. The molecule has 5 nitrogen and oxygen atoms in total. The molecule has 0 aliphatic carbocycles. The molecule has 0 fully saturated rings. The van der Waals surface area contributed by atoms with Crippen molar-refractivity contribution in [1.29, 1.82) is 5.26 Å². The summed E-state index contributed by atoms with van der Waals surface area (Å²) in [6.07, 6.45) is 2.29. The summed E-state index contributed by atoms with van der Waals surface area (Å²) < 4.78 is 21.9. The Morgan fingerprint density at radius 1 is 1.38 bits per heavy atom. The van der Waals surface area contributed by atoms with Gasteiger partial charge in [0.15, 0.2) is 0 Å². The van der Waals surface area contributed by atoms with Crippen LogP contribution in [-0.2, 0) is 14.6 Å². The van der Waals surface area contributed by atoms with Crippen LogP contribution in [0.3, 0.4) is 0 Å². The van der Waals surface area contributed by atoms with Gasteiger partial charge in [-0.05, 0) is 30.4 Å². The second-order valence-corrected chi connectivity index (χ2v) is 8.07. The number of nitrogens with zero attached hydrogens (tertiary/aromatic N) is 1. The summed E-state index contributed by atoms with van der Waals surface area (Å²) in [6, 6.07) is 8.77. The molecule has 1 aromatic rings. The van der Waals surface area contributed by atoms with Crippen molar-refractivity contribution in [2.75, 3.05) is 28.8 Å². The SMILES string of the molecule is CS(=O)(=O)CCSCCCC(=O)Nc1cccc(C#N)c1. The maximum Gasteiger partial charge on any atom is 0.224 e. The van der Waals surface area contributed by atoms with Crippen molar-refractivity contribution in [3.05, 3.63) is 29.8 Å². The standard InChI is InChI=1S/C14H18N2O3S2/c1-21(18,19)9-8-20-7-3-6-14(17)16-13-5-2-4-12(10-13)11-15/h2,4-5,10H,3,6-9H2,1H3,(H,16,17). The summed E-state index contributed by atoms with van der Waals surface area (Å²) in [4.78, 5) is 11.7. The molecule has 21 heavy (non-hydrogen) atoms. The molecule has 1 rings (SSSR count). The van der Waals surface area contributed by atoms with Crippen molar-refractivity contribution in [2.24, 2.45) is 0 Å². The number of amides is 1. The fourth-order valence-corrected chi connectivity index (χ4v) is 3.77. The first kappa shape index (κ1) is 17.5. The van der Waals surface area contributed by atoms with Crippen molar-refractivity contribution < 1.29 is 13.2 Å². The van der Waals surface area contributed by atoms with Crippen LogP contribution < -0.4 is 5.32 Å². The van der Waals surface area contributed by atoms with E-state index in [0.29, 0.717) is 29.8 Å². The van der Waals surface area contributed by atoms with Crippen LogP contribution in [0.15, 0.2) is 24.3 Å². The molecule has 0 bridgehead atoms. The van der Waals surface area contributed by atoms with Crippen LogP contribution in [0.25, 0.3) is 0 Å². The zero-order valence-corrected chi connectivity index (χ0v) is 13.5. The van der Waals surface area contributed by atoms with E-state index in [2.05, 4.69) is 5.32 Å². The van der Waals surface area contributed by atoms with E-state index in [-0.39, 0.29) is 11.7 Å². The van der Waals surface area contributed by atoms with Crippen molar-refractivity contribution in [1.82, 2.24) is 0 Å². The number of nitriles is 1. The minimum Gasteiger partial charge on any atom is -0.326 e. The van der Waals surface area contributed by atoms with E-state index in [1.54, 1.807) is 24.3 Å². The van der Waals surface area contributed by atoms with Gasteiger partial charge in [0.2, 0.25) is 5.91 Å². The molecule has 0 aliphatic heterocycles. The number of nitrogens with one attached hydrogen (secondary N) is 1. The Balaban J connectivity index is 2.21. The second kappa shape index (κ2) is 8.70. The van der Waals surface area contributed by atoms with Gasteiger partial charge in [-0.1, -0.05) is 6.07 Å². The smallest absolute Gasteiger partial charge is 0.224 e. The number of carbonyl (C=O) groups excluding carboxylic acids is 1. The van der Waals surface area contributed by atoms with Gasteiger partial charge < -0.3 is 5.32 Å². The molecule has 0 spiro atoms. The number of benzene rings is 1. The highest BCUT2D eigenvalue weighted by atomic mass is 32.2. The van der Waals surface area contributed by atoms with E-state index < -0.39 is 9.84 Å². The first-order valence-electron chi connectivity index (χ1n) is 6.46. The van der Waals surface area contributed by atoms with E-state index in [1.165, 1.54) is 18.0 Å². The molecule has 0 aliphatic rings. The van der Waals surface area contributed by atoms with Crippen molar-refractivity contribution in [3.63, 3.8) is 0 Å². The Bertz CT molecular complexity index is 621. The van der Waals surface area contributed by atoms with Crippen LogP contribution >= 0.6 is 11.8 Å². The summed E-state index contributed by atoms with van der Waals surface area (Å²) in [5.41, 5.74) is 1.12. The highest BCUT2D eigenvalue weighted by Gasteiger charge is 2.04. The number of rotatable bonds is 8. The van der Waals surface area contributed by atoms with Gasteiger partial charge in [-0.3, -0.25) is 4.79 Å². The highest BCUT2D eigenvalue weighted by molar-refractivity contribution is 8.00. The number of thioether (sulfide) groups is 1. The maximum absolute atomic E-state index is 11.7. The Morgan fingerprint density at radius 3 is 2.81 bits per heavy atom. The van der Waals surface area contributed by atoms with Gasteiger partial charge in [0.05, 0.1) is 17.4 Å². The van der Waals surface area contributed by atoms with Gasteiger partial charge >= 0.3 is 0 Å². The largest absolute Gasteiger partial charge is 0.326 e. The Kier molecular flexibility index (Phi) is 7.26. The lowest BCUT2D eigenvalue weighted by Crippen LogP contribution is -2.11. The van der Waals surface area contributed by atoms with E-state index >= 15 is 0 Å². The first-order valence-corrected chi connectivity index (χ1v) is 9.68. The molecule has 0 heterocycles. The number of hydrogen-bond donors (Lipinski definition) is 1. The number of hydrogen-bond acceptors (Lipinski definition) is 5. The fourth-order valence-electron chi connectivity index (χ4n) is 1.54. The zero-order chi connectivity index (χ0) is 15.7. The van der Waals surface area contributed by atoms with E-state index in [1.807, 2.05) is 6.07 Å². The summed E-state index contributed by atoms with van der Waals surface area (Å²) in [6.45, 7) is 0. The van der Waals surface area contributed by atoms with Crippen LogP contribution in [0.2, 0.25) is 0 Å². The molecule has 0 radical (unpaired) electrons. The molecule has 0 saturated carbocycles. The summed E-state index contributed by atoms with van der Waals surface area (Å²) >= 11 is 1.53. The molecule has 1 amide bonds. The van der Waals surface area contributed by atoms with Crippen LogP contribution in [0.1, 0.15) is 18.4 Å². The highest BCUT2D eigenvalue weighted by Crippen LogP contribution is 2.11. The third kappa shape index (κ3) is 8.38. The van der Waals surface area contributed by atoms with Gasteiger partial charge in [0.25, 0.3) is 0 Å².